The maximum absolute atomic E-state index is 12.4. The molecule has 0 aliphatic carbocycles. The van der Waals surface area contributed by atoms with Gasteiger partial charge in [-0.2, -0.15) is 0 Å². The Morgan fingerprint density at radius 1 is 1.04 bits per heavy atom. The van der Waals surface area contributed by atoms with E-state index in [0.29, 0.717) is 17.9 Å². The highest BCUT2D eigenvalue weighted by atomic mass is 16.6. The van der Waals surface area contributed by atoms with Crippen LogP contribution >= 0.6 is 0 Å². The zero-order valence-electron chi connectivity index (χ0n) is 16.8. The summed E-state index contributed by atoms with van der Waals surface area (Å²) >= 11 is 0. The molecule has 0 saturated heterocycles. The lowest BCUT2D eigenvalue weighted by Gasteiger charge is -2.26. The van der Waals surface area contributed by atoms with Gasteiger partial charge < -0.3 is 14.2 Å². The fourth-order valence-electron chi connectivity index (χ4n) is 3.30. The van der Waals surface area contributed by atoms with Gasteiger partial charge in [-0.3, -0.25) is 9.59 Å². The fraction of sp³-hybridized carbons (Fsp3) is 0.391. The fourth-order valence-corrected chi connectivity index (χ4v) is 3.30. The molecule has 0 radical (unpaired) electrons. The van der Waals surface area contributed by atoms with Gasteiger partial charge in [0.25, 0.3) is 0 Å². The third kappa shape index (κ3) is 4.71. The van der Waals surface area contributed by atoms with Crippen molar-refractivity contribution in [2.75, 3.05) is 6.61 Å². The highest BCUT2D eigenvalue weighted by Crippen LogP contribution is 2.43. The van der Waals surface area contributed by atoms with Crippen molar-refractivity contribution in [1.29, 1.82) is 0 Å². The normalized spacial score (nSPS) is 12.4. The minimum absolute atomic E-state index is 0.00394. The van der Waals surface area contributed by atoms with Gasteiger partial charge in [0.15, 0.2) is 0 Å². The predicted octanol–water partition coefficient (Wildman–Crippen LogP) is 4.83. The standard InChI is InChI=1S/C23H26O5/c1-5-26-20(24)13-21(25)28-22-16(14-23(2,3)4)10-11-19-17(22)12-15-8-6-7-9-18(15)27-19/h6-11H,5,12-14H2,1-4H3. The molecule has 0 saturated carbocycles. The van der Waals surface area contributed by atoms with Crippen LogP contribution in [-0.4, -0.2) is 18.5 Å². The van der Waals surface area contributed by atoms with E-state index in [4.69, 9.17) is 14.2 Å². The molecule has 5 nitrogen and oxygen atoms in total. The molecule has 28 heavy (non-hydrogen) atoms. The maximum Gasteiger partial charge on any atom is 0.322 e. The van der Waals surface area contributed by atoms with Crippen LogP contribution in [0, 0.1) is 5.41 Å². The molecule has 1 heterocycles. The van der Waals surface area contributed by atoms with E-state index < -0.39 is 18.4 Å². The number of hydrogen-bond donors (Lipinski definition) is 0. The summed E-state index contributed by atoms with van der Waals surface area (Å²) in [6.07, 6.45) is 0.916. The van der Waals surface area contributed by atoms with Crippen molar-refractivity contribution in [3.63, 3.8) is 0 Å². The Labute approximate surface area is 165 Å². The molecule has 2 aromatic rings. The van der Waals surface area contributed by atoms with E-state index in [1.54, 1.807) is 6.92 Å². The van der Waals surface area contributed by atoms with E-state index in [-0.39, 0.29) is 12.0 Å². The number of carbonyl (C=O) groups is 2. The predicted molar refractivity (Wildman–Crippen MR) is 106 cm³/mol. The first-order chi connectivity index (χ1) is 13.3. The van der Waals surface area contributed by atoms with Gasteiger partial charge in [-0.1, -0.05) is 45.0 Å². The molecule has 3 rings (SSSR count). The van der Waals surface area contributed by atoms with E-state index in [0.717, 1.165) is 28.9 Å². The number of rotatable bonds is 5. The van der Waals surface area contributed by atoms with Gasteiger partial charge in [0.05, 0.1) is 6.61 Å². The van der Waals surface area contributed by atoms with E-state index in [1.807, 2.05) is 36.4 Å². The van der Waals surface area contributed by atoms with Crippen molar-refractivity contribution >= 4 is 11.9 Å². The van der Waals surface area contributed by atoms with Crippen LogP contribution in [0.4, 0.5) is 0 Å². The lowest BCUT2D eigenvalue weighted by molar-refractivity contribution is -0.149. The summed E-state index contributed by atoms with van der Waals surface area (Å²) in [7, 11) is 0. The van der Waals surface area contributed by atoms with Crippen LogP contribution in [0.25, 0.3) is 0 Å². The van der Waals surface area contributed by atoms with Gasteiger partial charge in [0.1, 0.15) is 23.7 Å². The second-order valence-corrected chi connectivity index (χ2v) is 8.11. The van der Waals surface area contributed by atoms with Gasteiger partial charge >= 0.3 is 11.9 Å². The van der Waals surface area contributed by atoms with Crippen LogP contribution in [0.1, 0.15) is 50.8 Å². The maximum atomic E-state index is 12.4. The minimum Gasteiger partial charge on any atom is -0.466 e. The molecule has 0 atom stereocenters. The number of esters is 2. The first-order valence-electron chi connectivity index (χ1n) is 9.53. The number of hydrogen-bond acceptors (Lipinski definition) is 5. The molecule has 5 heteroatoms. The third-order valence-electron chi connectivity index (χ3n) is 4.39. The zero-order chi connectivity index (χ0) is 20.3. The van der Waals surface area contributed by atoms with Crippen molar-refractivity contribution in [3.05, 3.63) is 53.1 Å². The van der Waals surface area contributed by atoms with E-state index >= 15 is 0 Å². The molecule has 0 aromatic heterocycles. The van der Waals surface area contributed by atoms with Gasteiger partial charge in [-0.15, -0.1) is 0 Å². The summed E-state index contributed by atoms with van der Waals surface area (Å²) < 4.78 is 16.6. The van der Waals surface area contributed by atoms with Crippen LogP contribution in [0.5, 0.6) is 17.2 Å². The third-order valence-corrected chi connectivity index (χ3v) is 4.39. The first-order valence-corrected chi connectivity index (χ1v) is 9.53. The second kappa shape index (κ2) is 8.05. The van der Waals surface area contributed by atoms with Gasteiger partial charge in [-0.25, -0.2) is 0 Å². The van der Waals surface area contributed by atoms with Crippen LogP contribution in [0.2, 0.25) is 0 Å². The minimum atomic E-state index is -0.624. The lowest BCUT2D eigenvalue weighted by atomic mass is 9.86. The number of benzene rings is 2. The molecule has 1 aliphatic rings. The topological polar surface area (TPSA) is 61.8 Å². The summed E-state index contributed by atoms with van der Waals surface area (Å²) in [5.74, 6) is 0.769. The van der Waals surface area contributed by atoms with Crippen molar-refractivity contribution < 1.29 is 23.8 Å². The molecule has 0 spiro atoms. The largest absolute Gasteiger partial charge is 0.466 e. The summed E-state index contributed by atoms with van der Waals surface area (Å²) in [5.41, 5.74) is 2.79. The quantitative estimate of drug-likeness (QED) is 0.359. The summed E-state index contributed by atoms with van der Waals surface area (Å²) in [5, 5.41) is 0. The number of ether oxygens (including phenoxy) is 3. The van der Waals surface area contributed by atoms with Gasteiger partial charge in [0, 0.05) is 12.0 Å². The number of carbonyl (C=O) groups excluding carboxylic acids is 2. The Kier molecular flexibility index (Phi) is 5.73. The zero-order valence-corrected chi connectivity index (χ0v) is 16.8. The summed E-state index contributed by atoms with van der Waals surface area (Å²) in [4.78, 5) is 24.0. The molecule has 0 fully saturated rings. The van der Waals surface area contributed by atoms with Crippen molar-refractivity contribution in [1.82, 2.24) is 0 Å². The highest BCUT2D eigenvalue weighted by molar-refractivity contribution is 5.92. The number of fused-ring (bicyclic) bond motifs is 2. The molecule has 0 N–H and O–H groups in total. The Morgan fingerprint density at radius 3 is 2.50 bits per heavy atom. The summed E-state index contributed by atoms with van der Waals surface area (Å²) in [6.45, 7) is 8.31. The van der Waals surface area contributed by atoms with Gasteiger partial charge in [-0.05, 0) is 42.0 Å². The Morgan fingerprint density at radius 2 is 1.79 bits per heavy atom. The molecule has 148 valence electrons. The smallest absolute Gasteiger partial charge is 0.322 e. The molecule has 0 bridgehead atoms. The average molecular weight is 382 g/mol. The second-order valence-electron chi connectivity index (χ2n) is 8.11. The molecule has 2 aromatic carbocycles. The SMILES string of the molecule is CCOC(=O)CC(=O)Oc1c(CC(C)(C)C)ccc2c1Cc1ccccc1O2. The van der Waals surface area contributed by atoms with E-state index in [2.05, 4.69) is 20.8 Å². The average Bonchev–Trinajstić information content (AvgIpc) is 2.61. The van der Waals surface area contributed by atoms with E-state index in [1.165, 1.54) is 0 Å². The van der Waals surface area contributed by atoms with Crippen molar-refractivity contribution in [2.45, 2.75) is 47.0 Å². The monoisotopic (exact) mass is 382 g/mol. The Bertz CT molecular complexity index is 892. The van der Waals surface area contributed by atoms with Crippen LogP contribution in [0.3, 0.4) is 0 Å². The first kappa shape index (κ1) is 19.9. The van der Waals surface area contributed by atoms with Gasteiger partial charge in [0.2, 0.25) is 0 Å². The summed E-state index contributed by atoms with van der Waals surface area (Å²) in [6, 6.07) is 11.7. The molecule has 0 unspecified atom stereocenters. The van der Waals surface area contributed by atoms with Crippen LogP contribution < -0.4 is 9.47 Å². The van der Waals surface area contributed by atoms with Crippen LogP contribution in [0.15, 0.2) is 36.4 Å². The highest BCUT2D eigenvalue weighted by Gasteiger charge is 2.26. The van der Waals surface area contributed by atoms with E-state index in [9.17, 15) is 9.59 Å². The van der Waals surface area contributed by atoms with Crippen LogP contribution in [-0.2, 0) is 27.2 Å². The van der Waals surface area contributed by atoms with Crippen molar-refractivity contribution in [3.8, 4) is 17.2 Å². The molecular weight excluding hydrogens is 356 g/mol. The molecule has 0 amide bonds. The molecule has 1 aliphatic heterocycles. The molecular formula is C23H26O5. The Hall–Kier alpha value is -2.82. The van der Waals surface area contributed by atoms with Crippen molar-refractivity contribution in [2.24, 2.45) is 5.41 Å². The number of para-hydroxylation sites is 1. The lowest BCUT2D eigenvalue weighted by Crippen LogP contribution is -2.19. The Balaban J connectivity index is 1.95.